The molecule has 14 heavy (non-hydrogen) atoms. The molecular weight excluding hydrogens is 197 g/mol. The second kappa shape index (κ2) is 3.85. The number of hydrogen-bond acceptors (Lipinski definition) is 3. The van der Waals surface area contributed by atoms with Gasteiger partial charge in [-0.1, -0.05) is 6.07 Å². The molecule has 78 valence electrons. The van der Waals surface area contributed by atoms with Crippen molar-refractivity contribution in [3.05, 3.63) is 29.8 Å². The van der Waals surface area contributed by atoms with Gasteiger partial charge in [-0.3, -0.25) is 5.73 Å². The SMILES string of the molecule is NC(O)Nc1cccc(C(F)(F)F)c1. The molecule has 0 saturated carbocycles. The van der Waals surface area contributed by atoms with Crippen LogP contribution in [0.5, 0.6) is 0 Å². The summed E-state index contributed by atoms with van der Waals surface area (Å²) in [5.41, 5.74) is 4.28. The van der Waals surface area contributed by atoms with Crippen LogP contribution in [-0.4, -0.2) is 11.5 Å². The highest BCUT2D eigenvalue weighted by molar-refractivity contribution is 5.46. The number of nitrogens with one attached hydrogen (secondary N) is 1. The molecule has 0 saturated heterocycles. The second-order valence-electron chi connectivity index (χ2n) is 2.67. The maximum atomic E-state index is 12.2. The Kier molecular flexibility index (Phi) is 2.97. The molecule has 0 spiro atoms. The van der Waals surface area contributed by atoms with Gasteiger partial charge in [0.15, 0.2) is 6.35 Å². The van der Waals surface area contributed by atoms with Gasteiger partial charge in [0.1, 0.15) is 0 Å². The largest absolute Gasteiger partial charge is 0.416 e. The molecular formula is C8H9F3N2O. The van der Waals surface area contributed by atoms with Crippen LogP contribution in [0.2, 0.25) is 0 Å². The van der Waals surface area contributed by atoms with E-state index in [1.54, 1.807) is 0 Å². The fraction of sp³-hybridized carbons (Fsp3) is 0.250. The van der Waals surface area contributed by atoms with E-state index in [1.165, 1.54) is 12.1 Å². The number of halogens is 3. The van der Waals surface area contributed by atoms with Crippen LogP contribution in [-0.2, 0) is 6.18 Å². The molecule has 0 fully saturated rings. The highest BCUT2D eigenvalue weighted by atomic mass is 19.4. The van der Waals surface area contributed by atoms with Crippen molar-refractivity contribution in [1.82, 2.24) is 0 Å². The zero-order valence-electron chi connectivity index (χ0n) is 7.05. The number of nitrogens with two attached hydrogens (primary N) is 1. The van der Waals surface area contributed by atoms with Crippen LogP contribution in [0, 0.1) is 0 Å². The third-order valence-electron chi connectivity index (χ3n) is 1.50. The molecule has 0 aliphatic heterocycles. The fourth-order valence-electron chi connectivity index (χ4n) is 0.956. The van der Waals surface area contributed by atoms with Gasteiger partial charge in [0.25, 0.3) is 0 Å². The molecule has 0 bridgehead atoms. The first-order chi connectivity index (χ1) is 6.39. The van der Waals surface area contributed by atoms with Gasteiger partial charge in [0.2, 0.25) is 0 Å². The highest BCUT2D eigenvalue weighted by Gasteiger charge is 2.30. The lowest BCUT2D eigenvalue weighted by molar-refractivity contribution is -0.137. The Morgan fingerprint density at radius 3 is 2.50 bits per heavy atom. The van der Waals surface area contributed by atoms with Crippen LogP contribution >= 0.6 is 0 Å². The van der Waals surface area contributed by atoms with Crippen LogP contribution in [0.25, 0.3) is 0 Å². The topological polar surface area (TPSA) is 58.3 Å². The Balaban J connectivity index is 2.90. The molecule has 3 nitrogen and oxygen atoms in total. The Bertz CT molecular complexity index is 312. The first-order valence-corrected chi connectivity index (χ1v) is 3.77. The zero-order chi connectivity index (χ0) is 10.8. The molecule has 0 radical (unpaired) electrons. The summed E-state index contributed by atoms with van der Waals surface area (Å²) < 4.78 is 36.6. The summed E-state index contributed by atoms with van der Waals surface area (Å²) in [7, 11) is 0. The first kappa shape index (κ1) is 10.8. The Labute approximate surface area is 78.3 Å². The third kappa shape index (κ3) is 2.90. The molecule has 1 atom stereocenters. The quantitative estimate of drug-likeness (QED) is 0.640. The third-order valence-corrected chi connectivity index (χ3v) is 1.50. The average Bonchev–Trinajstić information content (AvgIpc) is 2.01. The normalized spacial score (nSPS) is 13.8. The minimum absolute atomic E-state index is 0.120. The highest BCUT2D eigenvalue weighted by Crippen LogP contribution is 2.30. The van der Waals surface area contributed by atoms with E-state index in [-0.39, 0.29) is 5.69 Å². The van der Waals surface area contributed by atoms with E-state index in [1.807, 2.05) is 0 Å². The predicted octanol–water partition coefficient (Wildman–Crippen LogP) is 1.35. The molecule has 1 rings (SSSR count). The van der Waals surface area contributed by atoms with Crippen molar-refractivity contribution in [2.45, 2.75) is 12.5 Å². The molecule has 0 aliphatic rings. The van der Waals surface area contributed by atoms with Crippen molar-refractivity contribution in [2.24, 2.45) is 5.73 Å². The maximum Gasteiger partial charge on any atom is 0.416 e. The van der Waals surface area contributed by atoms with Gasteiger partial charge in [0, 0.05) is 5.69 Å². The van der Waals surface area contributed by atoms with E-state index in [0.717, 1.165) is 12.1 Å². The van der Waals surface area contributed by atoms with Crippen molar-refractivity contribution in [3.8, 4) is 0 Å². The molecule has 0 aromatic heterocycles. The second-order valence-corrected chi connectivity index (χ2v) is 2.67. The van der Waals surface area contributed by atoms with Gasteiger partial charge >= 0.3 is 6.18 Å². The maximum absolute atomic E-state index is 12.2. The van der Waals surface area contributed by atoms with Crippen LogP contribution in [0.1, 0.15) is 5.56 Å². The van der Waals surface area contributed by atoms with E-state index in [0.29, 0.717) is 0 Å². The molecule has 1 unspecified atom stereocenters. The first-order valence-electron chi connectivity index (χ1n) is 3.77. The number of alkyl halides is 3. The van der Waals surface area contributed by atoms with Gasteiger partial charge in [-0.25, -0.2) is 0 Å². The average molecular weight is 206 g/mol. The number of rotatable bonds is 2. The summed E-state index contributed by atoms with van der Waals surface area (Å²) in [6.07, 6.45) is -5.77. The summed E-state index contributed by atoms with van der Waals surface area (Å²) in [6, 6.07) is 4.42. The lowest BCUT2D eigenvalue weighted by Gasteiger charge is -2.11. The molecule has 6 heteroatoms. The number of aliphatic hydroxyl groups is 1. The summed E-state index contributed by atoms with van der Waals surface area (Å²) in [6.45, 7) is 0. The van der Waals surface area contributed by atoms with Gasteiger partial charge in [-0.2, -0.15) is 13.2 Å². The number of anilines is 1. The number of hydrogen-bond donors (Lipinski definition) is 3. The van der Waals surface area contributed by atoms with Crippen molar-refractivity contribution in [1.29, 1.82) is 0 Å². The smallest absolute Gasteiger partial charge is 0.361 e. The number of aliphatic hydroxyl groups excluding tert-OH is 1. The van der Waals surface area contributed by atoms with Crippen LogP contribution in [0.4, 0.5) is 18.9 Å². The molecule has 0 amide bonds. The van der Waals surface area contributed by atoms with Crippen LogP contribution in [0.15, 0.2) is 24.3 Å². The van der Waals surface area contributed by atoms with Gasteiger partial charge < -0.3 is 10.4 Å². The molecule has 0 aliphatic carbocycles. The molecule has 0 heterocycles. The predicted molar refractivity (Wildman–Crippen MR) is 45.3 cm³/mol. The van der Waals surface area contributed by atoms with Crippen molar-refractivity contribution in [2.75, 3.05) is 5.32 Å². The van der Waals surface area contributed by atoms with E-state index >= 15 is 0 Å². The Morgan fingerprint density at radius 2 is 2.00 bits per heavy atom. The monoisotopic (exact) mass is 206 g/mol. The Hall–Kier alpha value is -1.27. The zero-order valence-corrected chi connectivity index (χ0v) is 7.05. The van der Waals surface area contributed by atoms with E-state index in [9.17, 15) is 13.2 Å². The molecule has 1 aromatic rings. The summed E-state index contributed by atoms with van der Waals surface area (Å²) in [4.78, 5) is 0. The van der Waals surface area contributed by atoms with E-state index < -0.39 is 18.1 Å². The van der Waals surface area contributed by atoms with Crippen molar-refractivity contribution < 1.29 is 18.3 Å². The minimum atomic E-state index is -4.39. The summed E-state index contributed by atoms with van der Waals surface area (Å²) in [5.74, 6) is 0. The lowest BCUT2D eigenvalue weighted by Crippen LogP contribution is -2.28. The molecule has 4 N–H and O–H groups in total. The van der Waals surface area contributed by atoms with Crippen molar-refractivity contribution in [3.63, 3.8) is 0 Å². The number of benzene rings is 1. The summed E-state index contributed by atoms with van der Waals surface area (Å²) >= 11 is 0. The van der Waals surface area contributed by atoms with Gasteiger partial charge in [0.05, 0.1) is 5.56 Å². The molecule has 1 aromatic carbocycles. The fourth-order valence-corrected chi connectivity index (χ4v) is 0.956. The van der Waals surface area contributed by atoms with Gasteiger partial charge in [-0.15, -0.1) is 0 Å². The van der Waals surface area contributed by atoms with Crippen molar-refractivity contribution >= 4 is 5.69 Å². The standard InChI is InChI=1S/C8H9F3N2O/c9-8(10,11)5-2-1-3-6(4-5)13-7(12)14/h1-4,7,13-14H,12H2. The van der Waals surface area contributed by atoms with E-state index in [4.69, 9.17) is 10.8 Å². The van der Waals surface area contributed by atoms with Gasteiger partial charge in [-0.05, 0) is 18.2 Å². The van der Waals surface area contributed by atoms with Crippen LogP contribution < -0.4 is 11.1 Å². The van der Waals surface area contributed by atoms with E-state index in [2.05, 4.69) is 5.32 Å². The van der Waals surface area contributed by atoms with Crippen LogP contribution in [0.3, 0.4) is 0 Å². The lowest BCUT2D eigenvalue weighted by atomic mass is 10.2. The summed E-state index contributed by atoms with van der Waals surface area (Å²) in [5, 5.41) is 10.9. The minimum Gasteiger partial charge on any atom is -0.361 e. The Morgan fingerprint density at radius 1 is 1.36 bits per heavy atom.